The Balaban J connectivity index is 2.21. The van der Waals surface area contributed by atoms with Gasteiger partial charge in [0.1, 0.15) is 16.9 Å². The van der Waals surface area contributed by atoms with Gasteiger partial charge in [-0.15, -0.1) is 10.2 Å². The van der Waals surface area contributed by atoms with E-state index in [-0.39, 0.29) is 22.2 Å². The fraction of sp³-hybridized carbons (Fsp3) is 0. The molecule has 0 aromatic heterocycles. The molecule has 8 nitrogen and oxygen atoms in total. The lowest BCUT2D eigenvalue weighted by atomic mass is 10.0. The van der Waals surface area contributed by atoms with E-state index in [1.807, 2.05) is 0 Å². The smallest absolute Gasteiger partial charge is 0.358 e. The monoisotopic (exact) mass is 372 g/mol. The van der Waals surface area contributed by atoms with Gasteiger partial charge in [-0.1, -0.05) is 36.4 Å². The van der Waals surface area contributed by atoms with Gasteiger partial charge in [-0.2, -0.15) is 0 Å². The fourth-order valence-corrected chi connectivity index (χ4v) is 3.18. The first-order valence-corrected chi connectivity index (χ1v) is 8.95. The minimum Gasteiger partial charge on any atom is -0.505 e. The highest BCUT2D eigenvalue weighted by molar-refractivity contribution is 7.60. The first-order chi connectivity index (χ1) is 12.3. The highest BCUT2D eigenvalue weighted by Gasteiger charge is 2.22. The number of rotatable bonds is 4. The van der Waals surface area contributed by atoms with Gasteiger partial charge < -0.3 is 20.0 Å². The summed E-state index contributed by atoms with van der Waals surface area (Å²) in [5.41, 5.74) is -0.521. The Bertz CT molecular complexity index is 1090. The molecule has 0 atom stereocenters. The van der Waals surface area contributed by atoms with Crippen molar-refractivity contribution < 1.29 is 29.4 Å². The molecule has 0 spiro atoms. The molecule has 0 aliphatic carbocycles. The van der Waals surface area contributed by atoms with E-state index in [9.17, 15) is 29.4 Å². The summed E-state index contributed by atoms with van der Waals surface area (Å²) in [7, 11) is -4.57. The van der Waals surface area contributed by atoms with E-state index in [4.69, 9.17) is 0 Å². The molecule has 3 aromatic rings. The molecule has 0 saturated heterocycles. The number of fused-ring (bicyclic) bond motifs is 1. The molecule has 132 valence electrons. The van der Waals surface area contributed by atoms with Crippen LogP contribution in [0.5, 0.6) is 5.75 Å². The Hall–Kier alpha value is -3.06. The molecule has 0 aliphatic heterocycles. The van der Waals surface area contributed by atoms with Crippen molar-refractivity contribution in [2.75, 3.05) is 0 Å². The summed E-state index contributed by atoms with van der Waals surface area (Å²) >= 11 is 0. The predicted octanol–water partition coefficient (Wildman–Crippen LogP) is 3.46. The van der Waals surface area contributed by atoms with Gasteiger partial charge in [-0.05, 0) is 23.6 Å². The average molecular weight is 372 g/mol. The number of hydrogen-bond donors (Lipinski definition) is 4. The third-order valence-corrected chi connectivity index (χ3v) is 4.68. The van der Waals surface area contributed by atoms with Crippen molar-refractivity contribution in [1.29, 1.82) is 0 Å². The number of nitrogens with zero attached hydrogens (tertiary/aromatic N) is 2. The molecule has 3 aromatic carbocycles. The molecule has 0 saturated carbocycles. The number of carbonyl (C=O) groups is 1. The number of aromatic carboxylic acids is 1. The van der Waals surface area contributed by atoms with E-state index < -0.39 is 19.3 Å². The predicted molar refractivity (Wildman–Crippen MR) is 94.9 cm³/mol. The number of azo groups is 1. The van der Waals surface area contributed by atoms with E-state index in [1.165, 1.54) is 30.3 Å². The van der Waals surface area contributed by atoms with Crippen LogP contribution in [0.15, 0.2) is 64.8 Å². The second kappa shape index (κ2) is 6.68. The van der Waals surface area contributed by atoms with Gasteiger partial charge in [0, 0.05) is 5.39 Å². The SMILES string of the molecule is O=C(O)c1cc2ccccc2c(N=Nc2ccccc2P(=O)(O)O)c1O. The molecule has 26 heavy (non-hydrogen) atoms. The molecule has 0 bridgehead atoms. The van der Waals surface area contributed by atoms with Crippen LogP contribution in [0, 0.1) is 0 Å². The Morgan fingerprint density at radius 3 is 2.31 bits per heavy atom. The number of carboxylic acid groups (broad SMARTS) is 1. The molecular formula is C17H13N2O6P. The first-order valence-electron chi connectivity index (χ1n) is 7.34. The Kier molecular flexibility index (Phi) is 4.56. The number of aromatic hydroxyl groups is 1. The van der Waals surface area contributed by atoms with Gasteiger partial charge in [0.05, 0.1) is 5.30 Å². The normalized spacial score (nSPS) is 11.9. The zero-order valence-electron chi connectivity index (χ0n) is 13.1. The van der Waals surface area contributed by atoms with Crippen molar-refractivity contribution in [3.05, 3.63) is 60.2 Å². The molecule has 3 rings (SSSR count). The third-order valence-electron chi connectivity index (χ3n) is 3.68. The van der Waals surface area contributed by atoms with Crippen LogP contribution in [-0.2, 0) is 4.57 Å². The lowest BCUT2D eigenvalue weighted by molar-refractivity contribution is 0.0694. The van der Waals surface area contributed by atoms with Gasteiger partial charge in [0.25, 0.3) is 0 Å². The van der Waals surface area contributed by atoms with Gasteiger partial charge >= 0.3 is 13.6 Å². The molecule has 0 amide bonds. The summed E-state index contributed by atoms with van der Waals surface area (Å²) in [6, 6.07) is 13.5. The van der Waals surface area contributed by atoms with Gasteiger partial charge in [-0.3, -0.25) is 4.57 Å². The molecule has 0 aliphatic rings. The molecule has 9 heteroatoms. The van der Waals surface area contributed by atoms with Crippen molar-refractivity contribution in [3.63, 3.8) is 0 Å². The Morgan fingerprint density at radius 1 is 0.962 bits per heavy atom. The van der Waals surface area contributed by atoms with Crippen LogP contribution >= 0.6 is 7.60 Å². The quantitative estimate of drug-likeness (QED) is 0.408. The third kappa shape index (κ3) is 3.34. The first kappa shape index (κ1) is 17.8. The number of benzene rings is 3. The zero-order chi connectivity index (χ0) is 18.9. The van der Waals surface area contributed by atoms with Crippen LogP contribution < -0.4 is 5.30 Å². The minimum atomic E-state index is -4.57. The summed E-state index contributed by atoms with van der Waals surface area (Å²) in [4.78, 5) is 30.1. The van der Waals surface area contributed by atoms with Gasteiger partial charge in [0.15, 0.2) is 5.75 Å². The topological polar surface area (TPSA) is 140 Å². The van der Waals surface area contributed by atoms with Crippen LogP contribution in [0.4, 0.5) is 11.4 Å². The largest absolute Gasteiger partial charge is 0.505 e. The van der Waals surface area contributed by atoms with E-state index >= 15 is 0 Å². The number of phenols is 1. The van der Waals surface area contributed by atoms with Crippen LogP contribution in [0.3, 0.4) is 0 Å². The summed E-state index contributed by atoms with van der Waals surface area (Å²) in [5.74, 6) is -1.91. The Morgan fingerprint density at radius 2 is 1.62 bits per heavy atom. The maximum atomic E-state index is 11.6. The van der Waals surface area contributed by atoms with E-state index in [1.54, 1.807) is 24.3 Å². The standard InChI is InChI=1S/C17H13N2O6P/c20-16-12(17(21)22)9-10-5-1-2-6-11(10)15(16)19-18-13-7-3-4-8-14(13)26(23,24)25/h1-9,20H,(H,21,22)(H2,23,24,25). The number of hydrogen-bond acceptors (Lipinski definition) is 5. The van der Waals surface area contributed by atoms with Crippen LogP contribution in [0.1, 0.15) is 10.4 Å². The molecule has 4 N–H and O–H groups in total. The molecule has 0 radical (unpaired) electrons. The van der Waals surface area contributed by atoms with E-state index in [2.05, 4.69) is 10.2 Å². The van der Waals surface area contributed by atoms with Crippen molar-refractivity contribution in [2.24, 2.45) is 10.2 Å². The Labute approximate surface area is 147 Å². The minimum absolute atomic E-state index is 0.0787. The molecular weight excluding hydrogens is 359 g/mol. The second-order valence-corrected chi connectivity index (χ2v) is 6.95. The van der Waals surface area contributed by atoms with E-state index in [0.29, 0.717) is 10.8 Å². The zero-order valence-corrected chi connectivity index (χ0v) is 14.0. The highest BCUT2D eigenvalue weighted by atomic mass is 31.2. The summed E-state index contributed by atoms with van der Waals surface area (Å²) in [6.45, 7) is 0. The van der Waals surface area contributed by atoms with Crippen LogP contribution in [0.2, 0.25) is 0 Å². The summed E-state index contributed by atoms with van der Waals surface area (Å²) in [6.07, 6.45) is 0. The molecule has 0 fully saturated rings. The lowest BCUT2D eigenvalue weighted by Gasteiger charge is -2.09. The lowest BCUT2D eigenvalue weighted by Crippen LogP contribution is -2.03. The molecule has 0 heterocycles. The van der Waals surface area contributed by atoms with Crippen LogP contribution in [-0.4, -0.2) is 26.0 Å². The highest BCUT2D eigenvalue weighted by Crippen LogP contribution is 2.41. The van der Waals surface area contributed by atoms with E-state index in [0.717, 1.165) is 0 Å². The average Bonchev–Trinajstić information content (AvgIpc) is 2.59. The maximum Gasteiger partial charge on any atom is 0.358 e. The van der Waals surface area contributed by atoms with Crippen molar-refractivity contribution in [3.8, 4) is 5.75 Å². The van der Waals surface area contributed by atoms with Crippen molar-refractivity contribution in [2.45, 2.75) is 0 Å². The van der Waals surface area contributed by atoms with Crippen LogP contribution in [0.25, 0.3) is 10.8 Å². The van der Waals surface area contributed by atoms with Gasteiger partial charge in [-0.25, -0.2) is 4.79 Å². The van der Waals surface area contributed by atoms with Gasteiger partial charge in [0.2, 0.25) is 0 Å². The maximum absolute atomic E-state index is 11.6. The second-order valence-electron chi connectivity index (χ2n) is 5.38. The number of carboxylic acids is 1. The fourth-order valence-electron chi connectivity index (χ4n) is 2.48. The molecule has 0 unspecified atom stereocenters. The van der Waals surface area contributed by atoms with Crippen molar-refractivity contribution >= 4 is 41.0 Å². The summed E-state index contributed by atoms with van der Waals surface area (Å²) < 4.78 is 11.6. The van der Waals surface area contributed by atoms with Crippen molar-refractivity contribution in [1.82, 2.24) is 0 Å². The summed E-state index contributed by atoms with van der Waals surface area (Å²) in [5, 5.41) is 27.9.